The molecule has 1 atom stereocenters. The molecule has 146 valence electrons. The standard InChI is InChI=1S/C20H21N3O5/c24-20(21-15-4-6-16(7-5-15)23(25)26)13-22-9-1-2-17(22)14-3-8-18-19(12-14)28-11-10-27-18/h3-8,12,17H,1-2,9-11,13H2,(H,21,24)/t17-/m1/s1. The van der Waals surface area contributed by atoms with Gasteiger partial charge in [-0.15, -0.1) is 0 Å². The fourth-order valence-electron chi connectivity index (χ4n) is 3.71. The van der Waals surface area contributed by atoms with E-state index in [2.05, 4.69) is 10.2 Å². The van der Waals surface area contributed by atoms with E-state index in [4.69, 9.17) is 9.47 Å². The number of nitrogens with zero attached hydrogens (tertiary/aromatic N) is 2. The van der Waals surface area contributed by atoms with Crippen molar-refractivity contribution in [1.29, 1.82) is 0 Å². The Labute approximate surface area is 162 Å². The van der Waals surface area contributed by atoms with E-state index in [-0.39, 0.29) is 24.2 Å². The molecule has 0 aromatic heterocycles. The van der Waals surface area contributed by atoms with Crippen LogP contribution in [0.4, 0.5) is 11.4 Å². The third kappa shape index (κ3) is 3.91. The van der Waals surface area contributed by atoms with E-state index in [1.165, 1.54) is 24.3 Å². The van der Waals surface area contributed by atoms with Crippen LogP contribution in [0.5, 0.6) is 11.5 Å². The molecule has 0 unspecified atom stereocenters. The largest absolute Gasteiger partial charge is 0.486 e. The van der Waals surface area contributed by atoms with E-state index in [1.54, 1.807) is 0 Å². The molecule has 4 rings (SSSR count). The van der Waals surface area contributed by atoms with Gasteiger partial charge in [0.25, 0.3) is 5.69 Å². The molecule has 1 amide bonds. The van der Waals surface area contributed by atoms with Crippen LogP contribution in [0.3, 0.4) is 0 Å². The first-order valence-corrected chi connectivity index (χ1v) is 9.28. The minimum Gasteiger partial charge on any atom is -0.486 e. The fraction of sp³-hybridized carbons (Fsp3) is 0.350. The minimum absolute atomic E-state index is 0.00351. The van der Waals surface area contributed by atoms with Crippen molar-refractivity contribution in [2.45, 2.75) is 18.9 Å². The Balaban J connectivity index is 1.41. The summed E-state index contributed by atoms with van der Waals surface area (Å²) in [4.78, 5) is 24.9. The highest BCUT2D eigenvalue weighted by Crippen LogP contribution is 2.37. The van der Waals surface area contributed by atoms with E-state index >= 15 is 0 Å². The van der Waals surface area contributed by atoms with Gasteiger partial charge in [-0.2, -0.15) is 0 Å². The van der Waals surface area contributed by atoms with Gasteiger partial charge in [0, 0.05) is 23.9 Å². The molecule has 2 heterocycles. The molecule has 2 aromatic carbocycles. The highest BCUT2D eigenvalue weighted by molar-refractivity contribution is 5.92. The van der Waals surface area contributed by atoms with Gasteiger partial charge in [-0.1, -0.05) is 6.07 Å². The molecule has 8 nitrogen and oxygen atoms in total. The zero-order chi connectivity index (χ0) is 19.5. The number of ether oxygens (including phenoxy) is 2. The van der Waals surface area contributed by atoms with Crippen LogP contribution in [0.15, 0.2) is 42.5 Å². The Bertz CT molecular complexity index is 884. The number of hydrogen-bond acceptors (Lipinski definition) is 6. The van der Waals surface area contributed by atoms with E-state index in [1.807, 2.05) is 18.2 Å². The highest BCUT2D eigenvalue weighted by Gasteiger charge is 2.28. The van der Waals surface area contributed by atoms with Crippen molar-refractivity contribution in [3.63, 3.8) is 0 Å². The van der Waals surface area contributed by atoms with Gasteiger partial charge in [0.1, 0.15) is 13.2 Å². The molecule has 1 fully saturated rings. The maximum atomic E-state index is 12.5. The zero-order valence-corrected chi connectivity index (χ0v) is 15.3. The molecule has 0 aliphatic carbocycles. The maximum Gasteiger partial charge on any atom is 0.269 e. The Morgan fingerprint density at radius 2 is 1.89 bits per heavy atom. The number of nitrogens with one attached hydrogen (secondary N) is 1. The predicted octanol–water partition coefficient (Wildman–Crippen LogP) is 3.14. The molecule has 1 N–H and O–H groups in total. The van der Waals surface area contributed by atoms with E-state index in [9.17, 15) is 14.9 Å². The highest BCUT2D eigenvalue weighted by atomic mass is 16.6. The summed E-state index contributed by atoms with van der Waals surface area (Å²) in [5, 5.41) is 13.5. The number of rotatable bonds is 5. The van der Waals surface area contributed by atoms with Gasteiger partial charge >= 0.3 is 0 Å². The average Bonchev–Trinajstić information content (AvgIpc) is 3.16. The Morgan fingerprint density at radius 3 is 2.64 bits per heavy atom. The van der Waals surface area contributed by atoms with E-state index in [0.29, 0.717) is 18.9 Å². The van der Waals surface area contributed by atoms with Gasteiger partial charge in [-0.25, -0.2) is 0 Å². The van der Waals surface area contributed by atoms with Crippen LogP contribution in [-0.2, 0) is 4.79 Å². The van der Waals surface area contributed by atoms with Gasteiger partial charge in [-0.05, 0) is 49.2 Å². The second-order valence-electron chi connectivity index (χ2n) is 6.88. The molecule has 0 spiro atoms. The molecular formula is C20H21N3O5. The van der Waals surface area contributed by atoms with Gasteiger partial charge in [0.15, 0.2) is 11.5 Å². The normalized spacial score (nSPS) is 18.6. The van der Waals surface area contributed by atoms with Crippen molar-refractivity contribution >= 4 is 17.3 Å². The van der Waals surface area contributed by atoms with Crippen molar-refractivity contribution in [2.24, 2.45) is 0 Å². The average molecular weight is 383 g/mol. The number of nitro groups is 1. The fourth-order valence-corrected chi connectivity index (χ4v) is 3.71. The topological polar surface area (TPSA) is 93.9 Å². The Hall–Kier alpha value is -3.13. The summed E-state index contributed by atoms with van der Waals surface area (Å²) >= 11 is 0. The third-order valence-electron chi connectivity index (χ3n) is 5.02. The van der Waals surface area contributed by atoms with Crippen molar-refractivity contribution in [3.8, 4) is 11.5 Å². The monoisotopic (exact) mass is 383 g/mol. The van der Waals surface area contributed by atoms with Crippen LogP contribution in [0.2, 0.25) is 0 Å². The molecule has 0 bridgehead atoms. The number of carbonyl (C=O) groups is 1. The zero-order valence-electron chi connectivity index (χ0n) is 15.3. The molecule has 2 aliphatic heterocycles. The summed E-state index contributed by atoms with van der Waals surface area (Å²) in [6.45, 7) is 2.20. The molecule has 8 heteroatoms. The molecule has 0 radical (unpaired) electrons. The third-order valence-corrected chi connectivity index (χ3v) is 5.02. The number of nitro benzene ring substituents is 1. The van der Waals surface area contributed by atoms with Gasteiger partial charge in [0.2, 0.25) is 5.91 Å². The van der Waals surface area contributed by atoms with Crippen LogP contribution >= 0.6 is 0 Å². The van der Waals surface area contributed by atoms with Crippen LogP contribution in [-0.4, -0.2) is 42.0 Å². The SMILES string of the molecule is O=C(CN1CCC[C@@H]1c1ccc2c(c1)OCCO2)Nc1ccc([N+](=O)[O-])cc1. The summed E-state index contributed by atoms with van der Waals surface area (Å²) in [7, 11) is 0. The van der Waals surface area contributed by atoms with Crippen molar-refractivity contribution in [1.82, 2.24) is 4.90 Å². The number of amides is 1. The summed E-state index contributed by atoms with van der Waals surface area (Å²) in [5.41, 5.74) is 1.66. The predicted molar refractivity (Wildman–Crippen MR) is 103 cm³/mol. The first-order chi connectivity index (χ1) is 13.6. The molecule has 1 saturated heterocycles. The van der Waals surface area contributed by atoms with E-state index in [0.717, 1.165) is 36.4 Å². The molecular weight excluding hydrogens is 362 g/mol. The van der Waals surface area contributed by atoms with Gasteiger partial charge < -0.3 is 14.8 Å². The quantitative estimate of drug-likeness (QED) is 0.630. The number of likely N-dealkylation sites (tertiary alicyclic amines) is 1. The lowest BCUT2D eigenvalue weighted by atomic mass is 10.0. The number of fused-ring (bicyclic) bond motifs is 1. The number of anilines is 1. The van der Waals surface area contributed by atoms with Crippen LogP contribution in [0.25, 0.3) is 0 Å². The van der Waals surface area contributed by atoms with Crippen molar-refractivity contribution in [2.75, 3.05) is 31.6 Å². The summed E-state index contributed by atoms with van der Waals surface area (Å²) in [6.07, 6.45) is 1.99. The molecule has 2 aromatic rings. The maximum absolute atomic E-state index is 12.5. The van der Waals surface area contributed by atoms with Gasteiger partial charge in [-0.3, -0.25) is 19.8 Å². The van der Waals surface area contributed by atoms with Crippen LogP contribution in [0, 0.1) is 10.1 Å². The summed E-state index contributed by atoms with van der Waals surface area (Å²) in [6, 6.07) is 12.0. The van der Waals surface area contributed by atoms with Crippen LogP contribution in [0.1, 0.15) is 24.4 Å². The van der Waals surface area contributed by atoms with Crippen molar-refractivity contribution in [3.05, 3.63) is 58.1 Å². The number of benzene rings is 2. The van der Waals surface area contributed by atoms with Gasteiger partial charge in [0.05, 0.1) is 11.5 Å². The minimum atomic E-state index is -0.465. The molecule has 28 heavy (non-hydrogen) atoms. The molecule has 2 aliphatic rings. The first-order valence-electron chi connectivity index (χ1n) is 9.28. The summed E-state index contributed by atoms with van der Waals surface area (Å²) < 4.78 is 11.3. The van der Waals surface area contributed by atoms with E-state index < -0.39 is 4.92 Å². The lowest BCUT2D eigenvalue weighted by Gasteiger charge is -2.26. The molecule has 0 saturated carbocycles. The number of hydrogen-bond donors (Lipinski definition) is 1. The first kappa shape index (κ1) is 18.2. The second-order valence-corrected chi connectivity index (χ2v) is 6.88. The summed E-state index contributed by atoms with van der Waals surface area (Å²) in [5.74, 6) is 1.37. The van der Waals surface area contributed by atoms with Crippen LogP contribution < -0.4 is 14.8 Å². The Kier molecular flexibility index (Phi) is 5.12. The second kappa shape index (κ2) is 7.85. The van der Waals surface area contributed by atoms with Crippen molar-refractivity contribution < 1.29 is 19.2 Å². The number of non-ortho nitro benzene ring substituents is 1. The smallest absolute Gasteiger partial charge is 0.269 e. The number of carbonyl (C=O) groups excluding carboxylic acids is 1. The lowest BCUT2D eigenvalue weighted by Crippen LogP contribution is -2.33. The lowest BCUT2D eigenvalue weighted by molar-refractivity contribution is -0.384. The Morgan fingerprint density at radius 1 is 1.14 bits per heavy atom.